The summed E-state index contributed by atoms with van der Waals surface area (Å²) in [5.74, 6) is -2.33. The maximum atomic E-state index is 14.6. The quantitative estimate of drug-likeness (QED) is 0.133. The molecule has 2 rings (SSSR count). The zero-order valence-corrected chi connectivity index (χ0v) is 21.6. The molecule has 0 aromatic rings. The molecule has 0 spiro atoms. The molecule has 4 nitrogen and oxygen atoms in total. The van der Waals surface area contributed by atoms with Crippen molar-refractivity contribution in [3.8, 4) is 0 Å². The molecular formula is C28H48F2O4. The molecule has 0 amide bonds. The maximum absolute atomic E-state index is 14.6. The zero-order valence-electron chi connectivity index (χ0n) is 21.6. The van der Waals surface area contributed by atoms with Gasteiger partial charge in [-0.3, -0.25) is 0 Å². The number of esters is 2. The molecule has 0 aliphatic heterocycles. The Balaban J connectivity index is 1.97. The number of unbranched alkanes of at least 4 members (excludes halogenated alkanes) is 6. The summed E-state index contributed by atoms with van der Waals surface area (Å²) in [6, 6.07) is 0. The highest BCUT2D eigenvalue weighted by Crippen LogP contribution is 2.43. The van der Waals surface area contributed by atoms with Gasteiger partial charge in [0.25, 0.3) is 5.79 Å². The topological polar surface area (TPSA) is 52.6 Å². The van der Waals surface area contributed by atoms with E-state index in [1.54, 1.807) is 0 Å². The van der Waals surface area contributed by atoms with E-state index in [-0.39, 0.29) is 12.8 Å². The smallest absolute Gasteiger partial charge is 0.343 e. The van der Waals surface area contributed by atoms with Crippen LogP contribution in [0.5, 0.6) is 0 Å². The zero-order chi connectivity index (χ0) is 24.8. The normalized spacial score (nSPS) is 21.1. The summed E-state index contributed by atoms with van der Waals surface area (Å²) in [6.45, 7) is 4.15. The van der Waals surface area contributed by atoms with Crippen LogP contribution in [0.1, 0.15) is 136 Å². The van der Waals surface area contributed by atoms with E-state index in [1.807, 2.05) is 0 Å². The number of hydrogen-bond donors (Lipinski definition) is 0. The predicted molar refractivity (Wildman–Crippen MR) is 131 cm³/mol. The van der Waals surface area contributed by atoms with Crippen LogP contribution in [0.15, 0.2) is 0 Å². The van der Waals surface area contributed by atoms with Gasteiger partial charge in [0.15, 0.2) is 12.3 Å². The van der Waals surface area contributed by atoms with Crippen molar-refractivity contribution in [3.63, 3.8) is 0 Å². The third-order valence-electron chi connectivity index (χ3n) is 7.82. The summed E-state index contributed by atoms with van der Waals surface area (Å²) in [6.07, 6.45) is 12.2. The molecule has 0 bridgehead atoms. The largest absolute Gasteiger partial charge is 0.420 e. The summed E-state index contributed by atoms with van der Waals surface area (Å²) in [7, 11) is 0. The van der Waals surface area contributed by atoms with Gasteiger partial charge in [-0.15, -0.1) is 0 Å². The van der Waals surface area contributed by atoms with Crippen molar-refractivity contribution in [3.05, 3.63) is 0 Å². The lowest BCUT2D eigenvalue weighted by atomic mass is 9.72. The molecule has 0 aromatic carbocycles. The molecule has 0 aromatic heterocycles. The van der Waals surface area contributed by atoms with Crippen molar-refractivity contribution in [2.75, 3.05) is 0 Å². The first-order valence-corrected chi connectivity index (χ1v) is 14.1. The van der Waals surface area contributed by atoms with Gasteiger partial charge < -0.3 is 9.47 Å². The van der Waals surface area contributed by atoms with Crippen molar-refractivity contribution in [2.24, 2.45) is 11.8 Å². The Hall–Kier alpha value is -1.20. The number of carbonyl (C=O) groups excluding carboxylic acids is 2. The summed E-state index contributed by atoms with van der Waals surface area (Å²) in [5, 5.41) is 0. The number of halogens is 2. The number of ether oxygens (including phenoxy) is 2. The molecule has 0 radical (unpaired) electrons. The van der Waals surface area contributed by atoms with Gasteiger partial charge in [-0.2, -0.15) is 0 Å². The van der Waals surface area contributed by atoms with E-state index >= 15 is 0 Å². The van der Waals surface area contributed by atoms with Crippen LogP contribution < -0.4 is 0 Å². The highest BCUT2D eigenvalue weighted by Gasteiger charge is 2.46. The van der Waals surface area contributed by atoms with Crippen molar-refractivity contribution in [1.82, 2.24) is 0 Å². The highest BCUT2D eigenvalue weighted by molar-refractivity contribution is 5.77. The molecule has 6 heteroatoms. The van der Waals surface area contributed by atoms with Crippen LogP contribution >= 0.6 is 0 Å². The number of carbonyl (C=O) groups is 2. The summed E-state index contributed by atoms with van der Waals surface area (Å²) >= 11 is 0. The Kier molecular flexibility index (Phi) is 13.4. The summed E-state index contributed by atoms with van der Waals surface area (Å²) in [5.41, 5.74) is 0. The lowest BCUT2D eigenvalue weighted by Crippen LogP contribution is -2.47. The minimum Gasteiger partial charge on any atom is -0.420 e. The third kappa shape index (κ3) is 9.81. The van der Waals surface area contributed by atoms with Crippen molar-refractivity contribution >= 4 is 11.9 Å². The van der Waals surface area contributed by atoms with Crippen LogP contribution in [0.25, 0.3) is 0 Å². The first kappa shape index (κ1) is 29.0. The fourth-order valence-electron chi connectivity index (χ4n) is 5.61. The van der Waals surface area contributed by atoms with Crippen LogP contribution in [-0.2, 0) is 19.1 Å². The van der Waals surface area contributed by atoms with E-state index in [9.17, 15) is 18.4 Å². The molecule has 2 aliphatic rings. The van der Waals surface area contributed by atoms with E-state index in [2.05, 4.69) is 13.8 Å². The van der Waals surface area contributed by atoms with E-state index < -0.39 is 30.1 Å². The van der Waals surface area contributed by atoms with Gasteiger partial charge in [-0.25, -0.2) is 18.4 Å². The monoisotopic (exact) mass is 486 g/mol. The number of hydrogen-bond acceptors (Lipinski definition) is 4. The van der Waals surface area contributed by atoms with Gasteiger partial charge in [0, 0.05) is 12.8 Å². The molecule has 0 N–H and O–H groups in total. The van der Waals surface area contributed by atoms with E-state index in [1.165, 1.54) is 32.1 Å². The third-order valence-corrected chi connectivity index (χ3v) is 7.82. The molecule has 198 valence electrons. The summed E-state index contributed by atoms with van der Waals surface area (Å²) in [4.78, 5) is 25.2. The van der Waals surface area contributed by atoms with Crippen LogP contribution in [0.2, 0.25) is 0 Å². The van der Waals surface area contributed by atoms with Crippen molar-refractivity contribution in [1.29, 1.82) is 0 Å². The van der Waals surface area contributed by atoms with E-state index in [0.717, 1.165) is 51.4 Å². The van der Waals surface area contributed by atoms with Crippen LogP contribution in [0.3, 0.4) is 0 Å². The summed E-state index contributed by atoms with van der Waals surface area (Å²) < 4.78 is 40.3. The first-order valence-electron chi connectivity index (χ1n) is 14.1. The average Bonchev–Trinajstić information content (AvgIpc) is 2.85. The van der Waals surface area contributed by atoms with Gasteiger partial charge in [0.05, 0.1) is 0 Å². The maximum Gasteiger partial charge on any atom is 0.343 e. The molecule has 0 heterocycles. The van der Waals surface area contributed by atoms with Gasteiger partial charge in [-0.1, -0.05) is 84.5 Å². The SMILES string of the molecule is CCCCCC[C@@H](F)C(=O)OC1(OC(=O)[C@H](F)CCCCCC)CCC(C2CCCCC2)CC1. The minimum absolute atomic E-state index is 0.108. The Labute approximate surface area is 205 Å². The van der Waals surface area contributed by atoms with Gasteiger partial charge in [-0.05, 0) is 50.4 Å². The minimum atomic E-state index is -1.74. The molecule has 34 heavy (non-hydrogen) atoms. The molecule has 2 saturated carbocycles. The lowest BCUT2D eigenvalue weighted by Gasteiger charge is -2.42. The fraction of sp³-hybridized carbons (Fsp3) is 0.929. The molecule has 0 saturated heterocycles. The Morgan fingerprint density at radius 3 is 1.59 bits per heavy atom. The van der Waals surface area contributed by atoms with E-state index in [4.69, 9.17) is 9.47 Å². The second kappa shape index (κ2) is 15.7. The second-order valence-electron chi connectivity index (χ2n) is 10.6. The van der Waals surface area contributed by atoms with Gasteiger partial charge in [0.2, 0.25) is 0 Å². The number of alkyl halides is 2. The van der Waals surface area contributed by atoms with Crippen LogP contribution in [-0.4, -0.2) is 30.1 Å². The highest BCUT2D eigenvalue weighted by atomic mass is 19.1. The van der Waals surface area contributed by atoms with Crippen molar-refractivity contribution < 1.29 is 27.8 Å². The van der Waals surface area contributed by atoms with Gasteiger partial charge in [0.1, 0.15) is 0 Å². The van der Waals surface area contributed by atoms with Gasteiger partial charge >= 0.3 is 11.9 Å². The molecule has 2 atom stereocenters. The molecule has 0 unspecified atom stereocenters. The first-order chi connectivity index (χ1) is 16.4. The fourth-order valence-corrected chi connectivity index (χ4v) is 5.61. The van der Waals surface area contributed by atoms with Crippen LogP contribution in [0, 0.1) is 11.8 Å². The predicted octanol–water partition coefficient (Wildman–Crippen LogP) is 8.16. The lowest BCUT2D eigenvalue weighted by molar-refractivity contribution is -0.248. The number of rotatable bonds is 15. The Morgan fingerprint density at radius 2 is 1.15 bits per heavy atom. The van der Waals surface area contributed by atoms with E-state index in [0.29, 0.717) is 37.5 Å². The average molecular weight is 487 g/mol. The molecule has 2 fully saturated rings. The Morgan fingerprint density at radius 1 is 0.706 bits per heavy atom. The Bertz CT molecular complexity index is 549. The van der Waals surface area contributed by atoms with Crippen molar-refractivity contribution in [2.45, 2.75) is 154 Å². The molecule has 2 aliphatic carbocycles. The standard InChI is InChI=1S/C28H48F2O4/c1-3-5-7-12-16-24(29)26(31)33-28(34-27(32)25(30)17-13-8-6-4-2)20-18-23(19-21-28)22-14-10-9-11-15-22/h22-25H,3-21H2,1-2H3/t24-,25-/m1/s1. The molecular weight excluding hydrogens is 438 g/mol. The second-order valence-corrected chi connectivity index (χ2v) is 10.6. The van der Waals surface area contributed by atoms with Crippen LogP contribution in [0.4, 0.5) is 8.78 Å².